The van der Waals surface area contributed by atoms with E-state index in [-0.39, 0.29) is 23.0 Å². The number of carbonyl (C=O) groups excluding carboxylic acids is 3. The highest BCUT2D eigenvalue weighted by Gasteiger charge is 2.40. The first kappa shape index (κ1) is 18.9. The highest BCUT2D eigenvalue weighted by Crippen LogP contribution is 2.39. The van der Waals surface area contributed by atoms with Crippen molar-refractivity contribution in [1.82, 2.24) is 0 Å². The van der Waals surface area contributed by atoms with Gasteiger partial charge in [-0.1, -0.05) is 44.2 Å². The first-order chi connectivity index (χ1) is 12.9. The summed E-state index contributed by atoms with van der Waals surface area (Å²) < 4.78 is 0. The summed E-state index contributed by atoms with van der Waals surface area (Å²) in [6.07, 6.45) is 0. The van der Waals surface area contributed by atoms with Crippen molar-refractivity contribution in [1.29, 1.82) is 0 Å². The molecule has 3 amide bonds. The van der Waals surface area contributed by atoms with E-state index in [1.807, 2.05) is 44.2 Å². The van der Waals surface area contributed by atoms with Crippen molar-refractivity contribution in [2.75, 3.05) is 10.2 Å². The van der Waals surface area contributed by atoms with Crippen LogP contribution in [0.3, 0.4) is 0 Å². The summed E-state index contributed by atoms with van der Waals surface area (Å²) in [5.41, 5.74) is 2.26. The van der Waals surface area contributed by atoms with E-state index in [9.17, 15) is 14.4 Å². The Bertz CT molecular complexity index is 918. The fourth-order valence-corrected chi connectivity index (χ4v) is 3.83. The molecule has 0 radical (unpaired) electrons. The standard InChI is InChI=1S/C21H20N2O3S/c1-13(2)27-19-18(15-7-5-4-6-8-15)20(25)23(21(19)26)17-11-9-16(10-12-17)22-14(3)24/h4-13H,1-3H3,(H,22,24). The van der Waals surface area contributed by atoms with E-state index in [2.05, 4.69) is 5.32 Å². The number of nitrogens with one attached hydrogen (secondary N) is 1. The largest absolute Gasteiger partial charge is 0.326 e. The number of thioether (sulfide) groups is 1. The maximum absolute atomic E-state index is 13.1. The van der Waals surface area contributed by atoms with Gasteiger partial charge in [-0.05, 0) is 29.8 Å². The zero-order valence-electron chi connectivity index (χ0n) is 15.4. The van der Waals surface area contributed by atoms with Crippen molar-refractivity contribution in [3.8, 4) is 0 Å². The first-order valence-corrected chi connectivity index (χ1v) is 9.49. The fraction of sp³-hybridized carbons (Fsp3) is 0.190. The van der Waals surface area contributed by atoms with E-state index >= 15 is 0 Å². The van der Waals surface area contributed by atoms with Gasteiger partial charge in [-0.3, -0.25) is 14.4 Å². The Morgan fingerprint density at radius 1 is 0.963 bits per heavy atom. The number of anilines is 2. The van der Waals surface area contributed by atoms with Gasteiger partial charge in [0.25, 0.3) is 11.8 Å². The average Bonchev–Trinajstić information content (AvgIpc) is 2.86. The number of rotatable bonds is 5. The van der Waals surface area contributed by atoms with E-state index in [1.54, 1.807) is 24.3 Å². The molecule has 138 valence electrons. The van der Waals surface area contributed by atoms with Crippen LogP contribution < -0.4 is 10.2 Å². The molecule has 0 fully saturated rings. The normalized spacial score (nSPS) is 14.3. The Labute approximate surface area is 162 Å². The maximum Gasteiger partial charge on any atom is 0.272 e. The summed E-state index contributed by atoms with van der Waals surface area (Å²) >= 11 is 1.40. The molecule has 2 aromatic rings. The number of nitrogens with zero attached hydrogens (tertiary/aromatic N) is 1. The van der Waals surface area contributed by atoms with Crippen LogP contribution in [0.4, 0.5) is 11.4 Å². The molecule has 0 aliphatic carbocycles. The molecule has 5 nitrogen and oxygen atoms in total. The van der Waals surface area contributed by atoms with Crippen LogP contribution in [0.15, 0.2) is 59.5 Å². The number of hydrogen-bond acceptors (Lipinski definition) is 4. The molecule has 0 spiro atoms. The summed E-state index contributed by atoms with van der Waals surface area (Å²) in [6, 6.07) is 15.9. The van der Waals surface area contributed by atoms with Gasteiger partial charge in [0.05, 0.1) is 16.2 Å². The molecule has 1 aliphatic rings. The van der Waals surface area contributed by atoms with Crippen molar-refractivity contribution in [2.24, 2.45) is 0 Å². The van der Waals surface area contributed by atoms with Gasteiger partial charge in [-0.15, -0.1) is 11.8 Å². The molecule has 0 atom stereocenters. The lowest BCUT2D eigenvalue weighted by molar-refractivity contribution is -0.120. The molecule has 0 unspecified atom stereocenters. The molecule has 3 rings (SSSR count). The summed E-state index contributed by atoms with van der Waals surface area (Å²) in [5.74, 6) is -0.828. The summed E-state index contributed by atoms with van der Waals surface area (Å²) in [7, 11) is 0. The van der Waals surface area contributed by atoms with Gasteiger partial charge < -0.3 is 5.32 Å². The van der Waals surface area contributed by atoms with Crippen LogP contribution in [0.5, 0.6) is 0 Å². The van der Waals surface area contributed by atoms with E-state index in [1.165, 1.54) is 23.6 Å². The van der Waals surface area contributed by atoms with E-state index < -0.39 is 0 Å². The Hall–Kier alpha value is -2.86. The third kappa shape index (κ3) is 3.95. The predicted molar refractivity (Wildman–Crippen MR) is 109 cm³/mol. The summed E-state index contributed by atoms with van der Waals surface area (Å²) in [4.78, 5) is 39.0. The Morgan fingerprint density at radius 2 is 1.59 bits per heavy atom. The van der Waals surface area contributed by atoms with Gasteiger partial charge >= 0.3 is 0 Å². The monoisotopic (exact) mass is 380 g/mol. The molecule has 0 bridgehead atoms. The number of carbonyl (C=O) groups is 3. The third-order valence-electron chi connectivity index (χ3n) is 3.90. The minimum atomic E-state index is -0.332. The van der Waals surface area contributed by atoms with Crippen LogP contribution in [-0.2, 0) is 14.4 Å². The minimum Gasteiger partial charge on any atom is -0.326 e. The molecule has 6 heteroatoms. The Morgan fingerprint density at radius 3 is 2.15 bits per heavy atom. The number of amides is 3. The first-order valence-electron chi connectivity index (χ1n) is 8.61. The quantitative estimate of drug-likeness (QED) is 0.794. The van der Waals surface area contributed by atoms with E-state index in [4.69, 9.17) is 0 Å². The Balaban J connectivity index is 1.99. The lowest BCUT2D eigenvalue weighted by Gasteiger charge is -2.16. The van der Waals surface area contributed by atoms with Gasteiger partial charge in [-0.2, -0.15) is 0 Å². The van der Waals surface area contributed by atoms with Crippen LogP contribution in [0.25, 0.3) is 5.57 Å². The number of benzene rings is 2. The van der Waals surface area contributed by atoms with Crippen molar-refractivity contribution < 1.29 is 14.4 Å². The molecule has 27 heavy (non-hydrogen) atoms. The van der Waals surface area contributed by atoms with Crippen molar-refractivity contribution in [3.05, 3.63) is 65.1 Å². The van der Waals surface area contributed by atoms with Gasteiger partial charge in [0.15, 0.2) is 0 Å². The zero-order chi connectivity index (χ0) is 19.6. The van der Waals surface area contributed by atoms with Gasteiger partial charge in [0.1, 0.15) is 0 Å². The summed E-state index contributed by atoms with van der Waals surface area (Å²) in [5, 5.41) is 2.84. The second-order valence-electron chi connectivity index (χ2n) is 6.41. The average molecular weight is 380 g/mol. The molecule has 1 heterocycles. The predicted octanol–water partition coefficient (Wildman–Crippen LogP) is 4.07. The lowest BCUT2D eigenvalue weighted by atomic mass is 10.1. The summed E-state index contributed by atoms with van der Waals surface area (Å²) in [6.45, 7) is 5.40. The SMILES string of the molecule is CC(=O)Nc1ccc(N2C(=O)C(SC(C)C)=C(c3ccccc3)C2=O)cc1. The number of imide groups is 1. The second-order valence-corrected chi connectivity index (χ2v) is 8.00. The zero-order valence-corrected chi connectivity index (χ0v) is 16.2. The van der Waals surface area contributed by atoms with Crippen LogP contribution in [-0.4, -0.2) is 23.0 Å². The Kier molecular flexibility index (Phi) is 5.46. The molecule has 0 aromatic heterocycles. The van der Waals surface area contributed by atoms with Crippen LogP contribution in [0.1, 0.15) is 26.3 Å². The lowest BCUT2D eigenvalue weighted by Crippen LogP contribution is -2.31. The minimum absolute atomic E-state index is 0.164. The maximum atomic E-state index is 13.1. The van der Waals surface area contributed by atoms with Crippen LogP contribution in [0, 0.1) is 0 Å². The topological polar surface area (TPSA) is 66.5 Å². The van der Waals surface area contributed by atoms with Gasteiger partial charge in [0, 0.05) is 17.9 Å². The molecular formula is C21H20N2O3S. The highest BCUT2D eigenvalue weighted by molar-refractivity contribution is 8.04. The van der Waals surface area contributed by atoms with Crippen molar-refractivity contribution >= 4 is 46.4 Å². The van der Waals surface area contributed by atoms with E-state index in [0.29, 0.717) is 21.9 Å². The number of hydrogen-bond donors (Lipinski definition) is 1. The molecule has 1 N–H and O–H groups in total. The van der Waals surface area contributed by atoms with Crippen molar-refractivity contribution in [2.45, 2.75) is 26.0 Å². The van der Waals surface area contributed by atoms with Gasteiger partial charge in [0.2, 0.25) is 5.91 Å². The van der Waals surface area contributed by atoms with E-state index in [0.717, 1.165) is 5.56 Å². The van der Waals surface area contributed by atoms with Gasteiger partial charge in [-0.25, -0.2) is 4.90 Å². The highest BCUT2D eigenvalue weighted by atomic mass is 32.2. The smallest absolute Gasteiger partial charge is 0.272 e. The fourth-order valence-electron chi connectivity index (χ4n) is 2.85. The molecule has 1 aliphatic heterocycles. The van der Waals surface area contributed by atoms with Crippen LogP contribution >= 0.6 is 11.8 Å². The van der Waals surface area contributed by atoms with Crippen LogP contribution in [0.2, 0.25) is 0 Å². The third-order valence-corrected chi connectivity index (χ3v) is 4.99. The molecular weight excluding hydrogens is 360 g/mol. The molecule has 0 saturated carbocycles. The molecule has 0 saturated heterocycles. The molecule has 2 aromatic carbocycles. The van der Waals surface area contributed by atoms with Crippen molar-refractivity contribution in [3.63, 3.8) is 0 Å². The second kappa shape index (κ2) is 7.80.